The Labute approximate surface area is 113 Å². The molecule has 0 radical (unpaired) electrons. The monoisotopic (exact) mass is 262 g/mol. The van der Waals surface area contributed by atoms with Gasteiger partial charge in [-0.05, 0) is 33.5 Å². The molecule has 2 rings (SSSR count). The molecule has 0 spiro atoms. The van der Waals surface area contributed by atoms with Crippen LogP contribution in [0.1, 0.15) is 19.8 Å². The summed E-state index contributed by atoms with van der Waals surface area (Å²) in [6.45, 7) is 4.98. The predicted octanol–water partition coefficient (Wildman–Crippen LogP) is 1.60. The third-order valence-electron chi connectivity index (χ3n) is 2.83. The van der Waals surface area contributed by atoms with Gasteiger partial charge in [-0.1, -0.05) is 6.92 Å². The number of aryl methyl sites for hydroxylation is 1. The van der Waals surface area contributed by atoms with Gasteiger partial charge in [0.1, 0.15) is 0 Å². The summed E-state index contributed by atoms with van der Waals surface area (Å²) in [6.07, 6.45) is 5.96. The smallest absolute Gasteiger partial charge is 0.224 e. The van der Waals surface area contributed by atoms with E-state index in [1.54, 1.807) is 0 Å². The van der Waals surface area contributed by atoms with E-state index in [9.17, 15) is 0 Å². The molecule has 2 heterocycles. The molecule has 0 aliphatic rings. The summed E-state index contributed by atoms with van der Waals surface area (Å²) in [5, 5.41) is 8.67. The molecule has 6 nitrogen and oxygen atoms in total. The number of anilines is 1. The van der Waals surface area contributed by atoms with Crippen molar-refractivity contribution in [1.82, 2.24) is 24.6 Å². The van der Waals surface area contributed by atoms with Gasteiger partial charge >= 0.3 is 0 Å². The minimum Gasteiger partial charge on any atom is -0.354 e. The normalized spacial score (nSPS) is 11.4. The van der Waals surface area contributed by atoms with Crippen LogP contribution in [0.3, 0.4) is 0 Å². The van der Waals surface area contributed by atoms with Crippen LogP contribution in [0.25, 0.3) is 11.0 Å². The van der Waals surface area contributed by atoms with E-state index in [-0.39, 0.29) is 0 Å². The van der Waals surface area contributed by atoms with Crippen molar-refractivity contribution in [1.29, 1.82) is 0 Å². The summed E-state index contributed by atoms with van der Waals surface area (Å²) >= 11 is 0. The van der Waals surface area contributed by atoms with Crippen LogP contribution in [-0.2, 0) is 6.54 Å². The maximum absolute atomic E-state index is 4.44. The molecule has 0 saturated heterocycles. The predicted molar refractivity (Wildman–Crippen MR) is 77.3 cm³/mol. The van der Waals surface area contributed by atoms with Gasteiger partial charge in [0.2, 0.25) is 5.95 Å². The zero-order chi connectivity index (χ0) is 13.7. The molecule has 0 bridgehead atoms. The summed E-state index contributed by atoms with van der Waals surface area (Å²) in [7, 11) is 4.14. The average molecular weight is 262 g/mol. The van der Waals surface area contributed by atoms with E-state index in [4.69, 9.17) is 0 Å². The topological polar surface area (TPSA) is 58.9 Å². The summed E-state index contributed by atoms with van der Waals surface area (Å²) in [6, 6.07) is 0. The highest BCUT2D eigenvalue weighted by Crippen LogP contribution is 2.10. The minimum atomic E-state index is 0.660. The molecule has 1 N–H and O–H groups in total. The van der Waals surface area contributed by atoms with Crippen LogP contribution in [0.2, 0.25) is 0 Å². The molecule has 0 amide bonds. The van der Waals surface area contributed by atoms with Gasteiger partial charge < -0.3 is 10.2 Å². The Balaban J connectivity index is 1.96. The standard InChI is InChI=1S/C13H22N6/c1-4-7-19-10-11-9-15-13(16-12(11)17-19)14-6-5-8-18(2)3/h9-10H,4-8H2,1-3H3,(H,14,16,17). The van der Waals surface area contributed by atoms with E-state index in [0.29, 0.717) is 5.95 Å². The Kier molecular flexibility index (Phi) is 4.68. The van der Waals surface area contributed by atoms with Crippen molar-refractivity contribution < 1.29 is 0 Å². The van der Waals surface area contributed by atoms with Crippen molar-refractivity contribution in [3.63, 3.8) is 0 Å². The minimum absolute atomic E-state index is 0.660. The highest BCUT2D eigenvalue weighted by molar-refractivity contribution is 5.73. The molecular formula is C13H22N6. The molecule has 0 aliphatic carbocycles. The lowest BCUT2D eigenvalue weighted by molar-refractivity contribution is 0.405. The fraction of sp³-hybridized carbons (Fsp3) is 0.615. The molecule has 0 aliphatic heterocycles. The van der Waals surface area contributed by atoms with E-state index < -0.39 is 0 Å². The highest BCUT2D eigenvalue weighted by atomic mass is 15.3. The molecule has 0 saturated carbocycles. The van der Waals surface area contributed by atoms with Gasteiger partial charge in [-0.15, -0.1) is 0 Å². The third-order valence-corrected chi connectivity index (χ3v) is 2.83. The first-order valence-corrected chi connectivity index (χ1v) is 6.78. The van der Waals surface area contributed by atoms with Crippen molar-refractivity contribution >= 4 is 17.0 Å². The summed E-state index contributed by atoms with van der Waals surface area (Å²) < 4.78 is 1.93. The average Bonchev–Trinajstić information content (AvgIpc) is 2.76. The van der Waals surface area contributed by atoms with Gasteiger partial charge in [0, 0.05) is 25.5 Å². The number of fused-ring (bicyclic) bond motifs is 1. The Morgan fingerprint density at radius 3 is 2.95 bits per heavy atom. The van der Waals surface area contributed by atoms with Gasteiger partial charge in [0.05, 0.1) is 5.39 Å². The molecule has 0 unspecified atom stereocenters. The number of hydrogen-bond acceptors (Lipinski definition) is 5. The summed E-state index contributed by atoms with van der Waals surface area (Å²) in [4.78, 5) is 10.9. The second kappa shape index (κ2) is 6.47. The zero-order valence-corrected chi connectivity index (χ0v) is 11.9. The Hall–Kier alpha value is -1.69. The molecule has 2 aromatic heterocycles. The van der Waals surface area contributed by atoms with E-state index in [0.717, 1.165) is 43.5 Å². The fourth-order valence-electron chi connectivity index (χ4n) is 1.89. The lowest BCUT2D eigenvalue weighted by atomic mass is 10.4. The largest absolute Gasteiger partial charge is 0.354 e. The fourth-order valence-corrected chi connectivity index (χ4v) is 1.89. The maximum Gasteiger partial charge on any atom is 0.224 e. The van der Waals surface area contributed by atoms with Crippen molar-refractivity contribution in [3.8, 4) is 0 Å². The van der Waals surface area contributed by atoms with Crippen LogP contribution in [0.4, 0.5) is 5.95 Å². The van der Waals surface area contributed by atoms with Crippen LogP contribution in [0.15, 0.2) is 12.4 Å². The van der Waals surface area contributed by atoms with Crippen LogP contribution in [0.5, 0.6) is 0 Å². The van der Waals surface area contributed by atoms with Gasteiger partial charge in [-0.2, -0.15) is 10.1 Å². The van der Waals surface area contributed by atoms with E-state index >= 15 is 0 Å². The molecule has 0 fully saturated rings. The van der Waals surface area contributed by atoms with E-state index in [1.165, 1.54) is 0 Å². The van der Waals surface area contributed by atoms with Crippen LogP contribution < -0.4 is 5.32 Å². The van der Waals surface area contributed by atoms with Crippen molar-refractivity contribution in [2.75, 3.05) is 32.5 Å². The summed E-state index contributed by atoms with van der Waals surface area (Å²) in [5.41, 5.74) is 0.763. The van der Waals surface area contributed by atoms with Gasteiger partial charge in [0.15, 0.2) is 5.65 Å². The SMILES string of the molecule is CCCn1cc2cnc(NCCCN(C)C)nc2n1. The molecule has 0 atom stereocenters. The second-order valence-corrected chi connectivity index (χ2v) is 4.95. The zero-order valence-electron chi connectivity index (χ0n) is 11.9. The van der Waals surface area contributed by atoms with Crippen LogP contribution in [0, 0.1) is 0 Å². The quantitative estimate of drug-likeness (QED) is 0.768. The third kappa shape index (κ3) is 3.89. The number of aromatic nitrogens is 4. The molecule has 104 valence electrons. The van der Waals surface area contributed by atoms with Gasteiger partial charge in [-0.25, -0.2) is 4.98 Å². The van der Waals surface area contributed by atoms with Crippen LogP contribution >= 0.6 is 0 Å². The van der Waals surface area contributed by atoms with E-state index in [2.05, 4.69) is 46.3 Å². The number of nitrogens with zero attached hydrogens (tertiary/aromatic N) is 5. The lowest BCUT2D eigenvalue weighted by Crippen LogP contribution is -2.17. The Morgan fingerprint density at radius 2 is 2.21 bits per heavy atom. The Morgan fingerprint density at radius 1 is 1.37 bits per heavy atom. The van der Waals surface area contributed by atoms with Crippen molar-refractivity contribution in [3.05, 3.63) is 12.4 Å². The van der Waals surface area contributed by atoms with Gasteiger partial charge in [-0.3, -0.25) is 4.68 Å². The molecule has 2 aromatic rings. The first kappa shape index (κ1) is 13.7. The van der Waals surface area contributed by atoms with Crippen LogP contribution in [-0.4, -0.2) is 51.8 Å². The highest BCUT2D eigenvalue weighted by Gasteiger charge is 2.04. The molecular weight excluding hydrogens is 240 g/mol. The van der Waals surface area contributed by atoms with Gasteiger partial charge in [0.25, 0.3) is 0 Å². The number of rotatable bonds is 7. The summed E-state index contributed by atoms with van der Waals surface area (Å²) in [5.74, 6) is 0.660. The molecule has 19 heavy (non-hydrogen) atoms. The first-order valence-electron chi connectivity index (χ1n) is 6.78. The maximum atomic E-state index is 4.44. The molecule has 0 aromatic carbocycles. The Bertz CT molecular complexity index is 519. The van der Waals surface area contributed by atoms with E-state index in [1.807, 2.05) is 17.1 Å². The number of nitrogens with one attached hydrogen (secondary N) is 1. The first-order chi connectivity index (χ1) is 9.19. The molecule has 6 heteroatoms. The second-order valence-electron chi connectivity index (χ2n) is 4.95. The number of hydrogen-bond donors (Lipinski definition) is 1. The lowest BCUT2D eigenvalue weighted by Gasteiger charge is -2.09. The van der Waals surface area contributed by atoms with Crippen molar-refractivity contribution in [2.45, 2.75) is 26.3 Å². The van der Waals surface area contributed by atoms with Crippen molar-refractivity contribution in [2.24, 2.45) is 0 Å².